The zero-order valence-electron chi connectivity index (χ0n) is 15.4. The number of aromatic nitrogens is 1. The van der Waals surface area contributed by atoms with Crippen molar-refractivity contribution in [2.45, 2.75) is 49.4 Å². The van der Waals surface area contributed by atoms with E-state index in [1.165, 1.54) is 22.5 Å². The SMILES string of the molecule is CC(C)(C)c1ccc(C2CCC(=O)N2CCSc2nc(C=O)cs2)cc1. The molecular weight excluding hydrogens is 364 g/mol. The Morgan fingerprint density at radius 3 is 2.65 bits per heavy atom. The molecule has 138 valence electrons. The summed E-state index contributed by atoms with van der Waals surface area (Å²) in [4.78, 5) is 29.3. The maximum Gasteiger partial charge on any atom is 0.223 e. The number of nitrogens with zero attached hydrogens (tertiary/aromatic N) is 2. The number of hydrogen-bond acceptors (Lipinski definition) is 5. The van der Waals surface area contributed by atoms with Gasteiger partial charge in [0.15, 0.2) is 10.6 Å². The summed E-state index contributed by atoms with van der Waals surface area (Å²) in [6.07, 6.45) is 2.26. The second-order valence-electron chi connectivity index (χ2n) is 7.52. The number of aldehydes is 1. The number of thioether (sulfide) groups is 1. The molecule has 0 radical (unpaired) electrons. The fraction of sp³-hybridized carbons (Fsp3) is 0.450. The fourth-order valence-corrected chi connectivity index (χ4v) is 4.97. The van der Waals surface area contributed by atoms with Gasteiger partial charge in [0.1, 0.15) is 5.69 Å². The smallest absolute Gasteiger partial charge is 0.223 e. The summed E-state index contributed by atoms with van der Waals surface area (Å²) >= 11 is 3.08. The predicted molar refractivity (Wildman–Crippen MR) is 107 cm³/mol. The Hall–Kier alpha value is -1.66. The standard InChI is InChI=1S/C20H24N2O2S2/c1-20(2,3)15-6-4-14(5-7-15)17-8-9-18(24)22(17)10-11-25-19-21-16(12-23)13-26-19/h4-7,12-13,17H,8-11H2,1-3H3. The first kappa shape index (κ1) is 19.1. The van der Waals surface area contributed by atoms with Gasteiger partial charge in [-0.05, 0) is 23.0 Å². The van der Waals surface area contributed by atoms with Gasteiger partial charge in [0, 0.05) is 24.1 Å². The minimum atomic E-state index is 0.133. The van der Waals surface area contributed by atoms with Crippen molar-refractivity contribution >= 4 is 35.3 Å². The average Bonchev–Trinajstić information content (AvgIpc) is 3.21. The van der Waals surface area contributed by atoms with Crippen molar-refractivity contribution in [1.29, 1.82) is 0 Å². The molecule has 0 aliphatic carbocycles. The number of rotatable bonds is 6. The summed E-state index contributed by atoms with van der Waals surface area (Å²) in [5.41, 5.74) is 3.13. The molecule has 0 saturated carbocycles. The molecule has 1 aliphatic heterocycles. The van der Waals surface area contributed by atoms with E-state index in [1.54, 1.807) is 17.1 Å². The van der Waals surface area contributed by atoms with Crippen LogP contribution in [0.4, 0.5) is 0 Å². The number of carbonyl (C=O) groups is 2. The van der Waals surface area contributed by atoms with Crippen LogP contribution in [0.1, 0.15) is 61.3 Å². The molecule has 6 heteroatoms. The van der Waals surface area contributed by atoms with Crippen LogP contribution in [0.15, 0.2) is 34.0 Å². The molecule has 2 heterocycles. The maximum absolute atomic E-state index is 12.3. The third kappa shape index (κ3) is 4.35. The number of hydrogen-bond donors (Lipinski definition) is 0. The lowest BCUT2D eigenvalue weighted by atomic mass is 9.86. The van der Waals surface area contributed by atoms with E-state index in [2.05, 4.69) is 50.0 Å². The quantitative estimate of drug-likeness (QED) is 0.531. The predicted octanol–water partition coefficient (Wildman–Crippen LogP) is 4.71. The average molecular weight is 389 g/mol. The first-order chi connectivity index (χ1) is 12.4. The number of amides is 1. The van der Waals surface area contributed by atoms with Crippen molar-refractivity contribution in [3.05, 3.63) is 46.5 Å². The van der Waals surface area contributed by atoms with Gasteiger partial charge in [-0.1, -0.05) is 56.8 Å². The fourth-order valence-electron chi connectivity index (χ4n) is 3.19. The summed E-state index contributed by atoms with van der Waals surface area (Å²) in [5.74, 6) is 1.01. The van der Waals surface area contributed by atoms with Crippen LogP contribution in [0.2, 0.25) is 0 Å². The second kappa shape index (κ2) is 7.92. The van der Waals surface area contributed by atoms with E-state index in [4.69, 9.17) is 0 Å². The molecule has 3 rings (SSSR count). The zero-order chi connectivity index (χ0) is 18.7. The van der Waals surface area contributed by atoms with Gasteiger partial charge in [0.2, 0.25) is 5.91 Å². The van der Waals surface area contributed by atoms with E-state index in [9.17, 15) is 9.59 Å². The van der Waals surface area contributed by atoms with Crippen LogP contribution in [0.25, 0.3) is 0 Å². The highest BCUT2D eigenvalue weighted by Gasteiger charge is 2.31. The normalized spacial score (nSPS) is 17.7. The first-order valence-corrected chi connectivity index (χ1v) is 10.7. The molecule has 2 aromatic rings. The van der Waals surface area contributed by atoms with Gasteiger partial charge in [-0.3, -0.25) is 9.59 Å². The lowest BCUT2D eigenvalue weighted by molar-refractivity contribution is -0.128. The van der Waals surface area contributed by atoms with Crippen molar-refractivity contribution in [1.82, 2.24) is 9.88 Å². The van der Waals surface area contributed by atoms with Crippen molar-refractivity contribution in [3.8, 4) is 0 Å². The zero-order valence-corrected chi connectivity index (χ0v) is 17.0. The van der Waals surface area contributed by atoms with Crippen LogP contribution in [-0.4, -0.2) is 34.4 Å². The second-order valence-corrected chi connectivity index (χ2v) is 9.72. The van der Waals surface area contributed by atoms with Crippen LogP contribution in [0.3, 0.4) is 0 Å². The molecule has 1 unspecified atom stereocenters. The van der Waals surface area contributed by atoms with Crippen LogP contribution < -0.4 is 0 Å². The Labute approximate surface area is 163 Å². The largest absolute Gasteiger partial charge is 0.335 e. The highest BCUT2D eigenvalue weighted by atomic mass is 32.2. The molecule has 1 aromatic heterocycles. The van der Waals surface area contributed by atoms with Gasteiger partial charge in [-0.2, -0.15) is 0 Å². The highest BCUT2D eigenvalue weighted by molar-refractivity contribution is 8.01. The van der Waals surface area contributed by atoms with Crippen molar-refractivity contribution in [2.24, 2.45) is 0 Å². The third-order valence-corrected chi connectivity index (χ3v) is 6.69. The van der Waals surface area contributed by atoms with E-state index in [0.717, 1.165) is 22.8 Å². The molecular formula is C20H24N2O2S2. The van der Waals surface area contributed by atoms with E-state index in [1.807, 2.05) is 4.90 Å². The summed E-state index contributed by atoms with van der Waals surface area (Å²) in [7, 11) is 0. The Morgan fingerprint density at radius 1 is 1.31 bits per heavy atom. The molecule has 1 fully saturated rings. The van der Waals surface area contributed by atoms with E-state index in [0.29, 0.717) is 18.7 Å². The lowest BCUT2D eigenvalue weighted by Gasteiger charge is -2.26. The van der Waals surface area contributed by atoms with Crippen molar-refractivity contribution in [3.63, 3.8) is 0 Å². The van der Waals surface area contributed by atoms with Gasteiger partial charge in [-0.25, -0.2) is 4.98 Å². The molecule has 4 nitrogen and oxygen atoms in total. The number of likely N-dealkylation sites (tertiary alicyclic amines) is 1. The molecule has 0 bridgehead atoms. The Bertz CT molecular complexity index is 778. The number of benzene rings is 1. The molecule has 1 atom stereocenters. The van der Waals surface area contributed by atoms with Crippen LogP contribution in [0, 0.1) is 0 Å². The van der Waals surface area contributed by atoms with Gasteiger partial charge in [0.25, 0.3) is 0 Å². The van der Waals surface area contributed by atoms with E-state index >= 15 is 0 Å². The minimum Gasteiger partial charge on any atom is -0.335 e. The summed E-state index contributed by atoms with van der Waals surface area (Å²) in [5, 5.41) is 1.76. The van der Waals surface area contributed by atoms with Gasteiger partial charge in [-0.15, -0.1) is 11.3 Å². The molecule has 1 amide bonds. The maximum atomic E-state index is 12.3. The van der Waals surface area contributed by atoms with Gasteiger partial charge < -0.3 is 4.90 Å². The highest BCUT2D eigenvalue weighted by Crippen LogP contribution is 2.34. The van der Waals surface area contributed by atoms with Crippen LogP contribution >= 0.6 is 23.1 Å². The van der Waals surface area contributed by atoms with Gasteiger partial charge in [0.05, 0.1) is 6.04 Å². The Balaban J connectivity index is 1.63. The first-order valence-electron chi connectivity index (χ1n) is 8.82. The number of carbonyl (C=O) groups excluding carboxylic acids is 2. The molecule has 1 saturated heterocycles. The summed E-state index contributed by atoms with van der Waals surface area (Å²) in [6.45, 7) is 7.32. The summed E-state index contributed by atoms with van der Waals surface area (Å²) in [6, 6.07) is 8.87. The Kier molecular flexibility index (Phi) is 5.82. The molecule has 1 aliphatic rings. The minimum absolute atomic E-state index is 0.133. The van der Waals surface area contributed by atoms with Gasteiger partial charge >= 0.3 is 0 Å². The summed E-state index contributed by atoms with van der Waals surface area (Å²) < 4.78 is 0.879. The Morgan fingerprint density at radius 2 is 2.04 bits per heavy atom. The molecule has 0 N–H and O–H groups in total. The van der Waals surface area contributed by atoms with Crippen molar-refractivity contribution in [2.75, 3.05) is 12.3 Å². The van der Waals surface area contributed by atoms with Crippen molar-refractivity contribution < 1.29 is 9.59 Å². The van der Waals surface area contributed by atoms with Crippen LogP contribution in [0.5, 0.6) is 0 Å². The third-order valence-electron chi connectivity index (χ3n) is 4.67. The number of thiazole rings is 1. The van der Waals surface area contributed by atoms with E-state index in [-0.39, 0.29) is 17.4 Å². The molecule has 1 aromatic carbocycles. The molecule has 0 spiro atoms. The monoisotopic (exact) mass is 388 g/mol. The lowest BCUT2D eigenvalue weighted by Crippen LogP contribution is -2.30. The topological polar surface area (TPSA) is 50.3 Å². The van der Waals surface area contributed by atoms with Crippen LogP contribution in [-0.2, 0) is 10.2 Å². The molecule has 26 heavy (non-hydrogen) atoms. The van der Waals surface area contributed by atoms with E-state index < -0.39 is 0 Å².